The summed E-state index contributed by atoms with van der Waals surface area (Å²) in [6, 6.07) is 8.74. The first kappa shape index (κ1) is 15.6. The van der Waals surface area contributed by atoms with Gasteiger partial charge in [-0.1, -0.05) is 18.2 Å². The molecule has 3 aromatic rings. The van der Waals surface area contributed by atoms with Crippen LogP contribution in [0.2, 0.25) is 0 Å². The highest BCUT2D eigenvalue weighted by atomic mass is 16.5. The van der Waals surface area contributed by atoms with Gasteiger partial charge in [0.15, 0.2) is 23.2 Å². The molecule has 0 aliphatic carbocycles. The Balaban J connectivity index is 1.67. The number of aliphatic hydroxyl groups excluding tert-OH is 2. The minimum Gasteiger partial charge on any atom is -0.388 e. The number of amides is 1. The van der Waals surface area contributed by atoms with Gasteiger partial charge in [-0.25, -0.2) is 15.0 Å². The molecular formula is C16H15N5O4. The lowest BCUT2D eigenvalue weighted by molar-refractivity contribution is -0.0162. The molecule has 0 spiro atoms. The number of aliphatic hydroxyl groups is 2. The molecule has 9 heteroatoms. The number of rotatable bonds is 3. The first-order valence-corrected chi connectivity index (χ1v) is 7.67. The highest BCUT2D eigenvalue weighted by molar-refractivity contribution is 6.06. The average molecular weight is 341 g/mol. The summed E-state index contributed by atoms with van der Waals surface area (Å²) in [7, 11) is 0. The van der Waals surface area contributed by atoms with Gasteiger partial charge in [0.25, 0.3) is 5.91 Å². The third-order valence-electron chi connectivity index (χ3n) is 4.02. The predicted molar refractivity (Wildman–Crippen MR) is 86.7 cm³/mol. The minimum atomic E-state index is -1.09. The van der Waals surface area contributed by atoms with Gasteiger partial charge in [0.2, 0.25) is 0 Å². The molecule has 1 aliphatic heterocycles. The summed E-state index contributed by atoms with van der Waals surface area (Å²) >= 11 is 0. The van der Waals surface area contributed by atoms with Crippen molar-refractivity contribution in [1.82, 2.24) is 19.5 Å². The molecule has 3 heterocycles. The van der Waals surface area contributed by atoms with Gasteiger partial charge >= 0.3 is 0 Å². The van der Waals surface area contributed by atoms with Crippen LogP contribution in [0.5, 0.6) is 0 Å². The molecule has 0 unspecified atom stereocenters. The monoisotopic (exact) mass is 341 g/mol. The van der Waals surface area contributed by atoms with Crippen LogP contribution in [0.1, 0.15) is 16.6 Å². The fourth-order valence-corrected chi connectivity index (χ4v) is 2.73. The van der Waals surface area contributed by atoms with Crippen molar-refractivity contribution in [3.05, 3.63) is 48.5 Å². The smallest absolute Gasteiger partial charge is 0.256 e. The van der Waals surface area contributed by atoms with E-state index in [4.69, 9.17) is 4.74 Å². The number of imidazole rings is 1. The molecule has 0 saturated carbocycles. The Hall–Kier alpha value is -2.88. The van der Waals surface area contributed by atoms with Crippen molar-refractivity contribution in [1.29, 1.82) is 0 Å². The van der Waals surface area contributed by atoms with Crippen LogP contribution in [0.3, 0.4) is 0 Å². The summed E-state index contributed by atoms with van der Waals surface area (Å²) < 4.78 is 6.91. The van der Waals surface area contributed by atoms with E-state index in [-0.39, 0.29) is 18.3 Å². The third-order valence-corrected chi connectivity index (χ3v) is 4.02. The van der Waals surface area contributed by atoms with E-state index in [1.165, 1.54) is 17.2 Å². The fourth-order valence-electron chi connectivity index (χ4n) is 2.73. The topological polar surface area (TPSA) is 122 Å². The van der Waals surface area contributed by atoms with Crippen molar-refractivity contribution < 1.29 is 19.7 Å². The molecule has 2 aromatic heterocycles. The highest BCUT2D eigenvalue weighted by Gasteiger charge is 2.37. The molecule has 3 atom stereocenters. The normalized spacial score (nSPS) is 23.0. The van der Waals surface area contributed by atoms with Crippen molar-refractivity contribution >= 4 is 22.9 Å². The van der Waals surface area contributed by atoms with Gasteiger partial charge in [-0.3, -0.25) is 9.36 Å². The van der Waals surface area contributed by atoms with E-state index in [0.717, 1.165) is 0 Å². The van der Waals surface area contributed by atoms with Crippen molar-refractivity contribution in [2.24, 2.45) is 0 Å². The Kier molecular flexibility index (Phi) is 3.88. The maximum Gasteiger partial charge on any atom is 0.256 e. The Bertz CT molecular complexity index is 913. The number of aromatic nitrogens is 4. The number of hydrogen-bond donors (Lipinski definition) is 3. The summed E-state index contributed by atoms with van der Waals surface area (Å²) in [6.07, 6.45) is -0.133. The van der Waals surface area contributed by atoms with Crippen LogP contribution >= 0.6 is 0 Å². The number of fused-ring (bicyclic) bond motifs is 1. The van der Waals surface area contributed by atoms with E-state index in [1.807, 2.05) is 6.07 Å². The lowest BCUT2D eigenvalue weighted by atomic mass is 10.2. The summed E-state index contributed by atoms with van der Waals surface area (Å²) in [5, 5.41) is 22.4. The van der Waals surface area contributed by atoms with Crippen LogP contribution in [0.25, 0.3) is 11.2 Å². The molecule has 0 bridgehead atoms. The number of ether oxygens (including phenoxy) is 1. The van der Waals surface area contributed by atoms with Crippen LogP contribution in [-0.2, 0) is 4.74 Å². The standard InChI is InChI=1S/C16H15N5O4/c22-10-6-25-16(12(10)23)21-8-19-11-13(17-7-18-14(11)21)20-15(24)9-4-2-1-3-5-9/h1-5,7-8,10,12,16,22-23H,6H2,(H,17,18,20,24)/t10-,12+,16+/m0/s1. The molecule has 3 N–H and O–H groups in total. The van der Waals surface area contributed by atoms with Crippen molar-refractivity contribution in [3.8, 4) is 0 Å². The number of carbonyl (C=O) groups is 1. The average Bonchev–Trinajstić information content (AvgIpc) is 3.20. The van der Waals surface area contributed by atoms with Crippen molar-refractivity contribution in [2.75, 3.05) is 11.9 Å². The Morgan fingerprint density at radius 2 is 2.00 bits per heavy atom. The molecule has 1 amide bonds. The quantitative estimate of drug-likeness (QED) is 0.627. The summed E-state index contributed by atoms with van der Waals surface area (Å²) in [4.78, 5) is 24.8. The lowest BCUT2D eigenvalue weighted by Gasteiger charge is -2.16. The van der Waals surface area contributed by atoms with E-state index < -0.39 is 18.4 Å². The molecule has 1 aromatic carbocycles. The van der Waals surface area contributed by atoms with Gasteiger partial charge in [0.1, 0.15) is 18.5 Å². The summed E-state index contributed by atoms with van der Waals surface area (Å²) in [6.45, 7) is 0.0220. The third kappa shape index (κ3) is 2.74. The van der Waals surface area contributed by atoms with E-state index in [0.29, 0.717) is 16.7 Å². The zero-order valence-electron chi connectivity index (χ0n) is 13.0. The molecule has 128 valence electrons. The van der Waals surface area contributed by atoms with Crippen molar-refractivity contribution in [2.45, 2.75) is 18.4 Å². The zero-order valence-corrected chi connectivity index (χ0v) is 13.0. The molecule has 4 rings (SSSR count). The van der Waals surface area contributed by atoms with E-state index >= 15 is 0 Å². The first-order chi connectivity index (χ1) is 12.1. The summed E-state index contributed by atoms with van der Waals surface area (Å²) in [5.41, 5.74) is 1.24. The highest BCUT2D eigenvalue weighted by Crippen LogP contribution is 2.28. The van der Waals surface area contributed by atoms with Crippen LogP contribution in [0.4, 0.5) is 5.82 Å². The van der Waals surface area contributed by atoms with Crippen LogP contribution < -0.4 is 5.32 Å². The molecular weight excluding hydrogens is 326 g/mol. The molecule has 25 heavy (non-hydrogen) atoms. The van der Waals surface area contributed by atoms with Gasteiger partial charge < -0.3 is 20.3 Å². The molecule has 0 radical (unpaired) electrons. The van der Waals surface area contributed by atoms with Gasteiger partial charge in [-0.2, -0.15) is 0 Å². The Morgan fingerprint density at radius 1 is 1.20 bits per heavy atom. The first-order valence-electron chi connectivity index (χ1n) is 7.67. The maximum atomic E-state index is 12.3. The Labute approximate surface area is 141 Å². The van der Waals surface area contributed by atoms with Crippen LogP contribution in [0, 0.1) is 0 Å². The number of nitrogens with zero attached hydrogens (tertiary/aromatic N) is 4. The number of carbonyl (C=O) groups excluding carboxylic acids is 1. The second kappa shape index (κ2) is 6.20. The fraction of sp³-hybridized carbons (Fsp3) is 0.250. The molecule has 1 saturated heterocycles. The minimum absolute atomic E-state index is 0.0220. The summed E-state index contributed by atoms with van der Waals surface area (Å²) in [5.74, 6) is -0.0617. The zero-order chi connectivity index (χ0) is 17.4. The SMILES string of the molecule is O=C(Nc1ncnc2c1ncn2[C@@H]1OC[C@H](O)[C@H]1O)c1ccccc1. The number of benzene rings is 1. The lowest BCUT2D eigenvalue weighted by Crippen LogP contribution is -2.28. The van der Waals surface area contributed by atoms with E-state index in [2.05, 4.69) is 20.3 Å². The Morgan fingerprint density at radius 3 is 2.72 bits per heavy atom. The van der Waals surface area contributed by atoms with Crippen molar-refractivity contribution in [3.63, 3.8) is 0 Å². The molecule has 1 aliphatic rings. The van der Waals surface area contributed by atoms with Gasteiger partial charge in [0, 0.05) is 5.56 Å². The van der Waals surface area contributed by atoms with Crippen LogP contribution in [-0.4, -0.2) is 54.5 Å². The maximum absolute atomic E-state index is 12.3. The number of anilines is 1. The van der Waals surface area contributed by atoms with Gasteiger partial charge in [-0.05, 0) is 12.1 Å². The van der Waals surface area contributed by atoms with Gasteiger partial charge in [0.05, 0.1) is 12.9 Å². The van der Waals surface area contributed by atoms with E-state index in [9.17, 15) is 15.0 Å². The molecule has 9 nitrogen and oxygen atoms in total. The largest absolute Gasteiger partial charge is 0.388 e. The van der Waals surface area contributed by atoms with Gasteiger partial charge in [-0.15, -0.1) is 0 Å². The predicted octanol–water partition coefficient (Wildman–Crippen LogP) is 0.329. The second-order valence-corrected chi connectivity index (χ2v) is 5.65. The molecule has 1 fully saturated rings. The number of nitrogens with one attached hydrogen (secondary N) is 1. The van der Waals surface area contributed by atoms with Crippen LogP contribution in [0.15, 0.2) is 43.0 Å². The second-order valence-electron chi connectivity index (χ2n) is 5.65. The number of hydrogen-bond acceptors (Lipinski definition) is 7. The van der Waals surface area contributed by atoms with E-state index in [1.54, 1.807) is 24.3 Å².